The van der Waals surface area contributed by atoms with Gasteiger partial charge in [-0.1, -0.05) is 64.7 Å². The molecule has 7 fully saturated rings. The van der Waals surface area contributed by atoms with Crippen molar-refractivity contribution in [2.45, 2.75) is 260 Å². The molecule has 36 nitrogen and oxygen atoms in total. The number of carbonyl (C=O) groups excluding carboxylic acids is 9. The molecule has 8 amide bonds. The van der Waals surface area contributed by atoms with Gasteiger partial charge in [-0.25, -0.2) is 51.9 Å². The van der Waals surface area contributed by atoms with Gasteiger partial charge in [0.1, 0.15) is 132 Å². The van der Waals surface area contributed by atoms with Crippen LogP contribution in [0.5, 0.6) is 23.0 Å². The topological polar surface area (TPSA) is 443 Å². The van der Waals surface area contributed by atoms with E-state index in [0.29, 0.717) is 102 Å². The lowest BCUT2D eigenvalue weighted by molar-refractivity contribution is -0.178. The minimum absolute atomic E-state index is 0.0259. The van der Waals surface area contributed by atoms with Crippen molar-refractivity contribution in [2.75, 3.05) is 71.0 Å². The summed E-state index contributed by atoms with van der Waals surface area (Å²) in [7, 11) is -5.81. The molecule has 8 aromatic rings. The zero-order valence-corrected chi connectivity index (χ0v) is 87.9. The van der Waals surface area contributed by atoms with Crippen LogP contribution in [-0.4, -0.2) is 231 Å². The number of benzene rings is 4. The van der Waals surface area contributed by atoms with Crippen LogP contribution in [0.3, 0.4) is 0 Å². The Morgan fingerprint density at radius 1 is 0.571 bits per heavy atom. The molecule has 4 saturated carbocycles. The molecule has 17 rings (SSSR count). The summed E-state index contributed by atoms with van der Waals surface area (Å²) in [5.74, 6) is -7.08. The van der Waals surface area contributed by atoms with Gasteiger partial charge in [0.25, 0.3) is 11.8 Å². The Balaban J connectivity index is 0.000000191. The summed E-state index contributed by atoms with van der Waals surface area (Å²) in [6.45, 7) is 15.0. The molecule has 12 atom stereocenters. The third-order valence-corrected chi connectivity index (χ3v) is 34.9. The summed E-state index contributed by atoms with van der Waals surface area (Å²) in [6.07, 6.45) is 8.46. The van der Waals surface area contributed by atoms with E-state index >= 15 is 18.1 Å². The molecule has 147 heavy (non-hydrogen) atoms. The van der Waals surface area contributed by atoms with Crippen LogP contribution < -0.4 is 50.8 Å². The number of hydrogen-bond acceptors (Lipinski definition) is 30. The average molecular weight is 2160 g/mol. The maximum Gasteiger partial charge on any atom is 0.534 e. The maximum absolute atomic E-state index is 15.3. The molecule has 0 bridgehead atoms. The fraction of sp³-hybridized carbons (Fsp3) is 0.515. The fourth-order valence-corrected chi connectivity index (χ4v) is 27.2. The first-order valence-electron chi connectivity index (χ1n) is 49.1. The highest BCUT2D eigenvalue weighted by molar-refractivity contribution is 7.60. The zero-order chi connectivity index (χ0) is 105. The average Bonchev–Trinajstić information content (AvgIpc) is 1.55. The number of pyridine rings is 2. The predicted octanol–water partition coefficient (Wildman–Crippen LogP) is 18.4. The van der Waals surface area contributed by atoms with Gasteiger partial charge < -0.3 is 93.7 Å². The number of hydroxylamine groups is 2. The number of hydrogen-bond donors (Lipinski definition) is 7. The number of alkyl carbamates (subject to hydrolysis) is 2. The van der Waals surface area contributed by atoms with Gasteiger partial charge in [-0.3, -0.25) is 42.7 Å². The van der Waals surface area contributed by atoms with Crippen molar-refractivity contribution in [1.82, 2.24) is 56.1 Å². The van der Waals surface area contributed by atoms with Crippen LogP contribution >= 0.6 is 60.6 Å². The van der Waals surface area contributed by atoms with E-state index in [9.17, 15) is 56.6 Å². The predicted molar refractivity (Wildman–Crippen MR) is 541 cm³/mol. The molecule has 7 N–H and O–H groups in total. The number of methoxy groups -OCH3 is 2. The Hall–Kier alpha value is -11.3. The van der Waals surface area contributed by atoms with Crippen LogP contribution in [0.15, 0.2) is 108 Å². The molecule has 4 aromatic heterocycles. The molecule has 4 aromatic carbocycles. The first-order chi connectivity index (χ1) is 70.2. The molecular formula is C101H121Cl2F4N13O23P2S2. The summed E-state index contributed by atoms with van der Waals surface area (Å²) in [4.78, 5) is 158. The second-order valence-electron chi connectivity index (χ2n) is 39.0. The summed E-state index contributed by atoms with van der Waals surface area (Å²) in [6, 6.07) is 12.2. The molecule has 792 valence electrons. The Kier molecular flexibility index (Phi) is 35.6. The number of thiazole rings is 2. The summed E-state index contributed by atoms with van der Waals surface area (Å²) in [5.41, 5.74) is 0.829. The fourth-order valence-electron chi connectivity index (χ4n) is 19.3. The number of nitrogens with zero attached hydrogens (tertiary/aromatic N) is 7. The van der Waals surface area contributed by atoms with Crippen molar-refractivity contribution < 1.29 is 127 Å². The van der Waals surface area contributed by atoms with Gasteiger partial charge in [0.05, 0.1) is 81.9 Å². The number of imide groups is 1. The quantitative estimate of drug-likeness (QED) is 0.00698. The van der Waals surface area contributed by atoms with E-state index < -0.39 is 180 Å². The van der Waals surface area contributed by atoms with Crippen LogP contribution in [0.2, 0.25) is 10.0 Å². The number of amides is 8. The molecule has 9 aliphatic rings. The molecule has 3 unspecified atom stereocenters. The van der Waals surface area contributed by atoms with Crippen LogP contribution in [0, 0.1) is 35.1 Å². The van der Waals surface area contributed by atoms with Gasteiger partial charge in [0, 0.05) is 95.8 Å². The second-order valence-corrected chi connectivity index (χ2v) is 46.7. The number of aromatic nitrogens is 4. The van der Waals surface area contributed by atoms with E-state index in [-0.39, 0.29) is 138 Å². The highest BCUT2D eigenvalue weighted by Crippen LogP contribution is 2.75. The van der Waals surface area contributed by atoms with Crippen LogP contribution in [0.4, 0.5) is 42.2 Å². The minimum atomic E-state index is -4.63. The lowest BCUT2D eigenvalue weighted by Crippen LogP contribution is -2.55. The minimum Gasteiger partial charge on any atom is -0.495 e. The standard InChI is InChI=1S/C46H56ClF2N6O9PS.C45H52ClF2N6O9PS.C10H13NO5/c1-8-62-65(59,24-30-31(48)12-11-13-32(30)49)46-22-27(46)17-19-61-18-10-9-14-33(53-44(58)64-45(4,5)6)42(57)55-23-28(20-36(55)41(56)54-46)63-38-21-34(35-25-66-43(52-35)50-26(2)3)51-40-29(38)15-16-37(60-7)39(40)47;1-25(2)49-43-51-35(24-65-43)34-20-38(29-14-15-37(60-3)39(46)40(29)50-34)62-28-19-36-41(55)53-45(64(58,59)23-30-31(47)11-8-12-32(30)48)21-26(45)16-18-61-17-7-6-13-33(42(56)54(36)22-28)52-44(57)63-27-9-4-5-10-27;12-8-5-6-9(13)11(8)16-10(14)15-7-3-1-2-4-7/h9-13,15-16,21,25-28,33,36H,8,14,17-20,22-24H2,1-7H3,(H,50,52)(H,53,58)(H,54,56);6-8,11-12,14-15,20,24-28,33,36H,4-5,9-10,13,16-19,21-23H2,1-3H3,(H,49,51)(H,52,57)(H,53,55)(H,58,59);7H,1-6H2/b10-9+;7-6+;/t27-,28-,33?,36+,46+,65?;26-,28-,33+,36+,45+;/m11./s1. The Morgan fingerprint density at radius 2 is 1.01 bits per heavy atom. The molecule has 4 aliphatic carbocycles. The largest absolute Gasteiger partial charge is 0.534 e. The van der Waals surface area contributed by atoms with Crippen molar-refractivity contribution in [3.05, 3.63) is 152 Å². The third-order valence-electron chi connectivity index (χ3n) is 26.6. The van der Waals surface area contributed by atoms with Crippen LogP contribution in [-0.2, 0) is 83.3 Å². The molecule has 9 heterocycles. The zero-order valence-electron chi connectivity index (χ0n) is 83.0. The SMILES string of the molecule is CCOP(=O)(Cc1c(F)cccc1F)[C@@]12C[C@H]1CCOC/C=C/CC(NC(=O)OC(C)(C)C)C(=O)N1C[C@H](Oc3cc(-c4csc(NC(C)C)n4)nc4c(Cl)c(OC)ccc34)C[C@H]1C(=O)N2.COc1ccc2c(O[C@@H]3C[C@H]4C(=O)N[C@]5(P(=O)(O)Cc6c(F)cccc6F)C[C@H]5CCOC/C=C/C[C@H](NC(=O)OC5CCCC5)C(=O)N4C3)cc(-c3csc(NC(C)C)n3)nc2c1Cl.O=C(OC1CCCC1)ON1C(=O)CCC1=O. The number of rotatable bonds is 25. The smallest absolute Gasteiger partial charge is 0.495 e. The normalized spacial score (nSPS) is 24.4. The third kappa shape index (κ3) is 26.2. The second kappa shape index (κ2) is 47.7. The highest BCUT2D eigenvalue weighted by atomic mass is 35.5. The van der Waals surface area contributed by atoms with Crippen LogP contribution in [0.1, 0.15) is 182 Å². The molecular weight excluding hydrogens is 2040 g/mol. The maximum atomic E-state index is 15.3. The summed E-state index contributed by atoms with van der Waals surface area (Å²) < 4.78 is 148. The number of ether oxygens (including phenoxy) is 9. The first-order valence-corrected chi connectivity index (χ1v) is 55.3. The number of fused-ring (bicyclic) bond motifs is 6. The molecule has 0 spiro atoms. The van der Waals surface area contributed by atoms with Gasteiger partial charge >= 0.3 is 18.3 Å². The highest BCUT2D eigenvalue weighted by Gasteiger charge is 2.69. The summed E-state index contributed by atoms with van der Waals surface area (Å²) in [5, 5.41) is 21.6. The first kappa shape index (κ1) is 110. The van der Waals surface area contributed by atoms with E-state index in [4.69, 9.17) is 90.3 Å². The van der Waals surface area contributed by atoms with E-state index in [1.54, 1.807) is 88.4 Å². The molecule has 46 heteroatoms. The number of anilines is 2. The summed E-state index contributed by atoms with van der Waals surface area (Å²) >= 11 is 16.5. The Morgan fingerprint density at radius 3 is 1.46 bits per heavy atom. The number of carbonyl (C=O) groups is 9. The lowest BCUT2D eigenvalue weighted by Gasteiger charge is -2.33. The van der Waals surface area contributed by atoms with Crippen molar-refractivity contribution in [3.63, 3.8) is 0 Å². The number of nitrogens with one attached hydrogen (secondary N) is 6. The van der Waals surface area contributed by atoms with Crippen LogP contribution in [0.25, 0.3) is 44.6 Å². The van der Waals surface area contributed by atoms with Gasteiger partial charge in [-0.15, -0.1) is 22.7 Å². The van der Waals surface area contributed by atoms with E-state index in [1.807, 2.05) is 38.5 Å². The van der Waals surface area contributed by atoms with Gasteiger partial charge in [-0.2, -0.15) is 0 Å². The van der Waals surface area contributed by atoms with E-state index in [2.05, 4.69) is 36.7 Å². The lowest BCUT2D eigenvalue weighted by atomic mass is 10.1. The number of halogens is 6. The monoisotopic (exact) mass is 2160 g/mol. The van der Waals surface area contributed by atoms with Gasteiger partial charge in [-0.05, 0) is 206 Å². The van der Waals surface area contributed by atoms with Crippen molar-refractivity contribution >= 4 is 146 Å². The molecule has 3 saturated heterocycles. The van der Waals surface area contributed by atoms with Crippen molar-refractivity contribution in [2.24, 2.45) is 11.8 Å². The van der Waals surface area contributed by atoms with E-state index in [1.165, 1.54) is 52.8 Å². The van der Waals surface area contributed by atoms with Gasteiger partial charge in [0.2, 0.25) is 38.4 Å². The Bertz CT molecular complexity index is 6330. The molecule has 5 aliphatic heterocycles. The van der Waals surface area contributed by atoms with E-state index in [0.717, 1.165) is 68.9 Å². The van der Waals surface area contributed by atoms with Gasteiger partial charge in [0.15, 0.2) is 10.3 Å². The van der Waals surface area contributed by atoms with Crippen molar-refractivity contribution in [3.8, 4) is 45.8 Å². The Labute approximate surface area is 865 Å². The van der Waals surface area contributed by atoms with Crippen molar-refractivity contribution in [1.29, 1.82) is 0 Å². The molecule has 0 radical (unpaired) electrons.